The topological polar surface area (TPSA) is 53.5 Å². The summed E-state index contributed by atoms with van der Waals surface area (Å²) in [4.78, 5) is 13.6. The van der Waals surface area contributed by atoms with Crippen molar-refractivity contribution in [3.63, 3.8) is 0 Å². The van der Waals surface area contributed by atoms with Crippen molar-refractivity contribution in [2.75, 3.05) is 0 Å². The second-order valence-corrected chi connectivity index (χ2v) is 3.29. The molecule has 0 saturated carbocycles. The van der Waals surface area contributed by atoms with Gasteiger partial charge in [0.05, 0.1) is 0 Å². The molecule has 84 valence electrons. The maximum Gasteiger partial charge on any atom is 0.323 e. The third kappa shape index (κ3) is 5.88. The minimum atomic E-state index is -0.201. The molecule has 0 spiro atoms. The molecule has 0 amide bonds. The zero-order valence-corrected chi connectivity index (χ0v) is 9.34. The lowest BCUT2D eigenvalue weighted by atomic mass is 10.2. The molecule has 0 N–H and O–H groups in total. The fourth-order valence-electron chi connectivity index (χ4n) is 1.14. The van der Waals surface area contributed by atoms with Crippen LogP contribution in [0.3, 0.4) is 0 Å². The first-order valence-corrected chi connectivity index (χ1v) is 5.25. The molecule has 3 nitrogen and oxygen atoms in total. The number of carbonyl (C=O) groups is 1. The lowest BCUT2D eigenvalue weighted by molar-refractivity contribution is -0.116. The number of nitrogens with zero attached hydrogens (tertiary/aromatic N) is 2. The van der Waals surface area contributed by atoms with Crippen LogP contribution in [0.4, 0.5) is 0 Å². The van der Waals surface area contributed by atoms with Crippen LogP contribution in [0, 0.1) is 11.8 Å². The van der Waals surface area contributed by atoms with E-state index in [4.69, 9.17) is 5.53 Å². The van der Waals surface area contributed by atoms with Crippen LogP contribution in [-0.4, -0.2) is 16.8 Å². The van der Waals surface area contributed by atoms with Gasteiger partial charge in [0.25, 0.3) is 0 Å². The van der Waals surface area contributed by atoms with E-state index in [1.165, 1.54) is 0 Å². The van der Waals surface area contributed by atoms with Gasteiger partial charge >= 0.3 is 6.21 Å². The molecule has 0 aliphatic rings. The van der Waals surface area contributed by atoms with Crippen molar-refractivity contribution in [2.45, 2.75) is 12.8 Å². The van der Waals surface area contributed by atoms with E-state index >= 15 is 0 Å². The first-order valence-electron chi connectivity index (χ1n) is 5.25. The van der Waals surface area contributed by atoms with Crippen LogP contribution in [-0.2, 0) is 4.79 Å². The molecule has 1 aromatic rings. The van der Waals surface area contributed by atoms with Gasteiger partial charge in [-0.25, -0.2) is 0 Å². The Bertz CT molecular complexity index is 500. The number of Topliss-reactive ketones (excluding diaryl/α,β-unsaturated/α-hetero) is 1. The molecular formula is C14H12N2O. The van der Waals surface area contributed by atoms with E-state index in [0.717, 1.165) is 11.8 Å². The van der Waals surface area contributed by atoms with Gasteiger partial charge in [0.2, 0.25) is 5.78 Å². The predicted molar refractivity (Wildman–Crippen MR) is 66.4 cm³/mol. The van der Waals surface area contributed by atoms with Crippen molar-refractivity contribution in [3.8, 4) is 11.8 Å². The summed E-state index contributed by atoms with van der Waals surface area (Å²) < 4.78 is 0. The molecule has 0 saturated heterocycles. The first-order chi connectivity index (χ1) is 8.33. The zero-order valence-electron chi connectivity index (χ0n) is 9.34. The van der Waals surface area contributed by atoms with Crippen molar-refractivity contribution in [1.29, 1.82) is 0 Å². The summed E-state index contributed by atoms with van der Waals surface area (Å²) in [7, 11) is 0. The summed E-state index contributed by atoms with van der Waals surface area (Å²) in [6, 6.07) is 9.67. The lowest BCUT2D eigenvalue weighted by Crippen LogP contribution is -1.97. The zero-order chi connectivity index (χ0) is 12.3. The second-order valence-electron chi connectivity index (χ2n) is 3.29. The van der Waals surface area contributed by atoms with Crippen LogP contribution in [0.1, 0.15) is 18.4 Å². The van der Waals surface area contributed by atoms with Crippen LogP contribution >= 0.6 is 0 Å². The highest BCUT2D eigenvalue weighted by atomic mass is 16.1. The standard InChI is InChI=1S/C14H12N2O/c15-16-12-14(17)11-7-2-1-4-8-13-9-5-3-6-10-13/h1-3,5-6,9-10,12H,7,11H2. The quantitative estimate of drug-likeness (QED) is 0.335. The van der Waals surface area contributed by atoms with Crippen molar-refractivity contribution in [1.82, 2.24) is 0 Å². The molecule has 0 bridgehead atoms. The van der Waals surface area contributed by atoms with Crippen LogP contribution in [0.25, 0.3) is 5.53 Å². The molecule has 0 aliphatic carbocycles. The van der Waals surface area contributed by atoms with E-state index in [-0.39, 0.29) is 5.78 Å². The van der Waals surface area contributed by atoms with E-state index in [2.05, 4.69) is 16.6 Å². The van der Waals surface area contributed by atoms with Crippen LogP contribution < -0.4 is 0 Å². The highest BCUT2D eigenvalue weighted by molar-refractivity contribution is 6.25. The number of hydrogen-bond donors (Lipinski definition) is 0. The molecule has 0 fully saturated rings. The summed E-state index contributed by atoms with van der Waals surface area (Å²) in [6.45, 7) is 0. The third-order valence-electron chi connectivity index (χ3n) is 1.95. The Hall–Kier alpha value is -2.43. The van der Waals surface area contributed by atoms with E-state index < -0.39 is 0 Å². The Morgan fingerprint density at radius 3 is 2.82 bits per heavy atom. The molecule has 3 heteroatoms. The molecule has 17 heavy (non-hydrogen) atoms. The van der Waals surface area contributed by atoms with Gasteiger partial charge in [-0.15, -0.1) is 0 Å². The normalized spacial score (nSPS) is 9.18. The van der Waals surface area contributed by atoms with Gasteiger partial charge in [-0.2, -0.15) is 4.79 Å². The molecule has 0 unspecified atom stereocenters. The lowest BCUT2D eigenvalue weighted by Gasteiger charge is -1.85. The molecule has 0 heterocycles. The third-order valence-corrected chi connectivity index (χ3v) is 1.95. The van der Waals surface area contributed by atoms with Crippen LogP contribution in [0.2, 0.25) is 0 Å². The van der Waals surface area contributed by atoms with Gasteiger partial charge < -0.3 is 5.53 Å². The highest BCUT2D eigenvalue weighted by Crippen LogP contribution is 1.95. The highest BCUT2D eigenvalue weighted by Gasteiger charge is 1.98. The first kappa shape index (κ1) is 12.6. The maximum absolute atomic E-state index is 10.9. The van der Waals surface area contributed by atoms with Crippen LogP contribution in [0.15, 0.2) is 42.5 Å². The largest absolute Gasteiger partial charge is 0.361 e. The summed E-state index contributed by atoms with van der Waals surface area (Å²) in [5, 5.41) is 0. The van der Waals surface area contributed by atoms with E-state index in [9.17, 15) is 4.79 Å². The average molecular weight is 224 g/mol. The Kier molecular flexibility index (Phi) is 5.81. The van der Waals surface area contributed by atoms with Gasteiger partial charge in [0, 0.05) is 12.0 Å². The summed E-state index contributed by atoms with van der Waals surface area (Å²) in [5.41, 5.74) is 9.07. The fourth-order valence-corrected chi connectivity index (χ4v) is 1.14. The Labute approximate surface area is 100 Å². The summed E-state index contributed by atoms with van der Waals surface area (Å²) in [6.07, 6.45) is 5.36. The van der Waals surface area contributed by atoms with Gasteiger partial charge in [0.1, 0.15) is 0 Å². The van der Waals surface area contributed by atoms with E-state index in [0.29, 0.717) is 12.8 Å². The minimum absolute atomic E-state index is 0.201. The smallest absolute Gasteiger partial charge is 0.323 e. The second kappa shape index (κ2) is 7.81. The van der Waals surface area contributed by atoms with Crippen molar-refractivity contribution in [3.05, 3.63) is 53.6 Å². The minimum Gasteiger partial charge on any atom is -0.361 e. The molecule has 1 aromatic carbocycles. The van der Waals surface area contributed by atoms with E-state index in [1.807, 2.05) is 36.4 Å². The number of benzene rings is 1. The van der Waals surface area contributed by atoms with Gasteiger partial charge in [0.15, 0.2) is 0 Å². The average Bonchev–Trinajstić information content (AvgIpc) is 2.35. The summed E-state index contributed by atoms with van der Waals surface area (Å²) >= 11 is 0. The van der Waals surface area contributed by atoms with Crippen molar-refractivity contribution in [2.24, 2.45) is 0 Å². The number of carbonyl (C=O) groups excluding carboxylic acids is 1. The number of rotatable bonds is 4. The predicted octanol–water partition coefficient (Wildman–Crippen LogP) is 2.24. The fraction of sp³-hybridized carbons (Fsp3) is 0.143. The monoisotopic (exact) mass is 224 g/mol. The number of hydrogen-bond acceptors (Lipinski definition) is 1. The Morgan fingerprint density at radius 2 is 2.12 bits per heavy atom. The van der Waals surface area contributed by atoms with Gasteiger partial charge in [-0.1, -0.05) is 36.1 Å². The molecule has 0 aromatic heterocycles. The van der Waals surface area contributed by atoms with Gasteiger partial charge in [-0.3, -0.25) is 4.79 Å². The van der Waals surface area contributed by atoms with Crippen molar-refractivity contribution >= 4 is 12.0 Å². The Morgan fingerprint density at radius 1 is 1.35 bits per heavy atom. The van der Waals surface area contributed by atoms with Crippen molar-refractivity contribution < 1.29 is 9.58 Å². The molecular weight excluding hydrogens is 212 g/mol. The Balaban J connectivity index is 2.34. The maximum atomic E-state index is 10.9. The SMILES string of the molecule is [N-]=[N+]=CC(=O)CCC=CC#Cc1ccccc1. The molecule has 0 aliphatic heterocycles. The molecule has 0 radical (unpaired) electrons. The number of ketones is 1. The van der Waals surface area contributed by atoms with Crippen LogP contribution in [0.5, 0.6) is 0 Å². The van der Waals surface area contributed by atoms with Gasteiger partial charge in [-0.05, 0) is 24.6 Å². The number of allylic oxidation sites excluding steroid dienone is 2. The van der Waals surface area contributed by atoms with E-state index in [1.54, 1.807) is 6.08 Å². The molecule has 1 rings (SSSR count). The summed E-state index contributed by atoms with van der Waals surface area (Å²) in [5.74, 6) is 5.65. The molecule has 0 atom stereocenters.